The molecular weight excluding hydrogens is 284 g/mol. The Kier molecular flexibility index (Phi) is 4.90. The number of amides is 1. The van der Waals surface area contributed by atoms with Crippen LogP contribution in [0.1, 0.15) is 22.6 Å². The summed E-state index contributed by atoms with van der Waals surface area (Å²) in [6.45, 7) is 1.70. The highest BCUT2D eigenvalue weighted by molar-refractivity contribution is 5.77. The van der Waals surface area contributed by atoms with Crippen molar-refractivity contribution in [3.05, 3.63) is 57.3 Å². The number of carbonyl (C=O) groups excluding carboxylic acids is 1. The summed E-state index contributed by atoms with van der Waals surface area (Å²) in [6.07, 6.45) is 0.400. The van der Waals surface area contributed by atoms with Crippen LogP contribution >= 0.6 is 0 Å². The van der Waals surface area contributed by atoms with Gasteiger partial charge >= 0.3 is 0 Å². The van der Waals surface area contributed by atoms with Gasteiger partial charge in [-0.15, -0.1) is 0 Å². The lowest BCUT2D eigenvalue weighted by molar-refractivity contribution is -0.120. The Morgan fingerprint density at radius 1 is 1.36 bits per heavy atom. The van der Waals surface area contributed by atoms with Gasteiger partial charge in [0.15, 0.2) is 0 Å². The predicted octanol–water partition coefficient (Wildman–Crippen LogP) is 0.210. The summed E-state index contributed by atoms with van der Waals surface area (Å²) in [4.78, 5) is 30.4. The van der Waals surface area contributed by atoms with E-state index in [0.717, 1.165) is 11.3 Å². The number of H-pyrrole nitrogens is 1. The van der Waals surface area contributed by atoms with Crippen molar-refractivity contribution in [2.24, 2.45) is 5.84 Å². The van der Waals surface area contributed by atoms with E-state index in [1.54, 1.807) is 14.0 Å². The lowest BCUT2D eigenvalue weighted by Crippen LogP contribution is -2.34. The molecule has 2 rings (SSSR count). The quantitative estimate of drug-likeness (QED) is 0.415. The second kappa shape index (κ2) is 6.86. The number of benzene rings is 1. The van der Waals surface area contributed by atoms with E-state index in [1.807, 2.05) is 29.7 Å². The van der Waals surface area contributed by atoms with Crippen LogP contribution in [-0.2, 0) is 17.6 Å². The SMILES string of the molecule is COc1ccc(Cc2nc(C)c(CC(=O)NN)c(=O)[nH]2)cc1. The summed E-state index contributed by atoms with van der Waals surface area (Å²) in [7, 11) is 1.60. The van der Waals surface area contributed by atoms with Gasteiger partial charge in [0.1, 0.15) is 11.6 Å². The molecular formula is C15H18N4O3. The minimum atomic E-state index is -0.432. The highest BCUT2D eigenvalue weighted by Crippen LogP contribution is 2.13. The summed E-state index contributed by atoms with van der Waals surface area (Å²) in [5, 5.41) is 0. The standard InChI is InChI=1S/C15H18N4O3/c1-9-12(8-14(20)19-16)15(21)18-13(17-9)7-10-3-5-11(22-2)6-4-10/h3-6H,7-8,16H2,1-2H3,(H,19,20)(H,17,18,21). The van der Waals surface area contributed by atoms with Gasteiger partial charge in [0.05, 0.1) is 13.5 Å². The van der Waals surface area contributed by atoms with E-state index in [9.17, 15) is 9.59 Å². The van der Waals surface area contributed by atoms with Gasteiger partial charge in [-0.3, -0.25) is 15.0 Å². The van der Waals surface area contributed by atoms with E-state index >= 15 is 0 Å². The van der Waals surface area contributed by atoms with Crippen molar-refractivity contribution in [3.63, 3.8) is 0 Å². The number of nitrogens with one attached hydrogen (secondary N) is 2. The van der Waals surface area contributed by atoms with Crippen LogP contribution in [0, 0.1) is 6.92 Å². The van der Waals surface area contributed by atoms with E-state index in [0.29, 0.717) is 23.5 Å². The number of methoxy groups -OCH3 is 1. The second-order valence-corrected chi connectivity index (χ2v) is 4.85. The molecule has 0 aliphatic rings. The summed E-state index contributed by atoms with van der Waals surface area (Å²) in [6, 6.07) is 7.51. The first kappa shape index (κ1) is 15.7. The number of hydrogen-bond acceptors (Lipinski definition) is 5. The summed E-state index contributed by atoms with van der Waals surface area (Å²) in [5.41, 5.74) is 3.52. The Morgan fingerprint density at radius 3 is 2.59 bits per heavy atom. The molecule has 1 aromatic carbocycles. The number of ether oxygens (including phenoxy) is 1. The van der Waals surface area contributed by atoms with Gasteiger partial charge in [-0.1, -0.05) is 12.1 Å². The molecule has 1 amide bonds. The monoisotopic (exact) mass is 302 g/mol. The van der Waals surface area contributed by atoms with Gasteiger partial charge in [-0.2, -0.15) is 0 Å². The average molecular weight is 302 g/mol. The van der Waals surface area contributed by atoms with Crippen LogP contribution in [0.5, 0.6) is 5.75 Å². The van der Waals surface area contributed by atoms with Crippen LogP contribution in [-0.4, -0.2) is 23.0 Å². The van der Waals surface area contributed by atoms with Crippen LogP contribution in [0.2, 0.25) is 0 Å². The van der Waals surface area contributed by atoms with Crippen LogP contribution in [0.25, 0.3) is 0 Å². The second-order valence-electron chi connectivity index (χ2n) is 4.85. The fourth-order valence-electron chi connectivity index (χ4n) is 2.11. The van der Waals surface area contributed by atoms with Crippen molar-refractivity contribution >= 4 is 5.91 Å². The molecule has 0 aliphatic carbocycles. The number of rotatable bonds is 5. The van der Waals surface area contributed by atoms with Crippen molar-refractivity contribution in [1.29, 1.82) is 0 Å². The molecule has 7 nitrogen and oxygen atoms in total. The first-order valence-corrected chi connectivity index (χ1v) is 6.74. The molecule has 0 fully saturated rings. The zero-order valence-electron chi connectivity index (χ0n) is 12.5. The minimum Gasteiger partial charge on any atom is -0.497 e. The molecule has 7 heteroatoms. The molecule has 2 aromatic rings. The molecule has 0 spiro atoms. The molecule has 0 unspecified atom stereocenters. The third-order valence-corrected chi connectivity index (χ3v) is 3.30. The predicted molar refractivity (Wildman–Crippen MR) is 81.4 cm³/mol. The normalized spacial score (nSPS) is 10.3. The fraction of sp³-hybridized carbons (Fsp3) is 0.267. The van der Waals surface area contributed by atoms with Crippen molar-refractivity contribution in [1.82, 2.24) is 15.4 Å². The van der Waals surface area contributed by atoms with E-state index in [1.165, 1.54) is 0 Å². The molecule has 0 atom stereocenters. The fourth-order valence-corrected chi connectivity index (χ4v) is 2.11. The van der Waals surface area contributed by atoms with Crippen LogP contribution < -0.4 is 21.6 Å². The number of hydrazine groups is 1. The molecule has 22 heavy (non-hydrogen) atoms. The van der Waals surface area contributed by atoms with Crippen molar-refractivity contribution in [2.45, 2.75) is 19.8 Å². The number of aromatic amines is 1. The number of aromatic nitrogens is 2. The lowest BCUT2D eigenvalue weighted by Gasteiger charge is -2.07. The Bertz CT molecular complexity index is 723. The maximum atomic E-state index is 12.1. The van der Waals surface area contributed by atoms with Crippen molar-refractivity contribution in [3.8, 4) is 5.75 Å². The zero-order chi connectivity index (χ0) is 16.1. The molecule has 116 valence electrons. The van der Waals surface area contributed by atoms with E-state index in [2.05, 4.69) is 9.97 Å². The third kappa shape index (κ3) is 3.70. The lowest BCUT2D eigenvalue weighted by atomic mass is 10.1. The third-order valence-electron chi connectivity index (χ3n) is 3.30. The van der Waals surface area contributed by atoms with Gasteiger partial charge in [0.25, 0.3) is 5.56 Å². The van der Waals surface area contributed by atoms with Crippen LogP contribution in [0.15, 0.2) is 29.1 Å². The Labute approximate surface area is 127 Å². The van der Waals surface area contributed by atoms with Gasteiger partial charge in [-0.25, -0.2) is 10.8 Å². The Morgan fingerprint density at radius 2 is 2.05 bits per heavy atom. The largest absolute Gasteiger partial charge is 0.497 e. The van der Waals surface area contributed by atoms with Gasteiger partial charge in [-0.05, 0) is 24.6 Å². The van der Waals surface area contributed by atoms with Gasteiger partial charge < -0.3 is 9.72 Å². The molecule has 1 aromatic heterocycles. The molecule has 0 bridgehead atoms. The van der Waals surface area contributed by atoms with Crippen LogP contribution in [0.4, 0.5) is 0 Å². The molecule has 4 N–H and O–H groups in total. The zero-order valence-corrected chi connectivity index (χ0v) is 12.5. The maximum absolute atomic E-state index is 12.1. The topological polar surface area (TPSA) is 110 Å². The number of nitrogens with two attached hydrogens (primary N) is 1. The maximum Gasteiger partial charge on any atom is 0.254 e. The van der Waals surface area contributed by atoms with Gasteiger partial charge in [0, 0.05) is 17.7 Å². The smallest absolute Gasteiger partial charge is 0.254 e. The number of hydrogen-bond donors (Lipinski definition) is 3. The summed E-state index contributed by atoms with van der Waals surface area (Å²) >= 11 is 0. The van der Waals surface area contributed by atoms with Crippen molar-refractivity contribution < 1.29 is 9.53 Å². The number of nitrogens with zero attached hydrogens (tertiary/aromatic N) is 1. The Hall–Kier alpha value is -2.67. The molecule has 0 aliphatic heterocycles. The van der Waals surface area contributed by atoms with Gasteiger partial charge in [0.2, 0.25) is 5.91 Å². The number of aryl methyl sites for hydroxylation is 1. The van der Waals surface area contributed by atoms with Crippen molar-refractivity contribution in [2.75, 3.05) is 7.11 Å². The van der Waals surface area contributed by atoms with Crippen LogP contribution in [0.3, 0.4) is 0 Å². The highest BCUT2D eigenvalue weighted by Gasteiger charge is 2.12. The molecule has 0 radical (unpaired) electrons. The average Bonchev–Trinajstić information content (AvgIpc) is 2.51. The molecule has 0 saturated carbocycles. The Balaban J connectivity index is 2.22. The number of carbonyl (C=O) groups is 1. The summed E-state index contributed by atoms with van der Waals surface area (Å²) in [5.74, 6) is 5.92. The molecule has 0 saturated heterocycles. The first-order valence-electron chi connectivity index (χ1n) is 6.74. The highest BCUT2D eigenvalue weighted by atomic mass is 16.5. The van der Waals surface area contributed by atoms with E-state index < -0.39 is 5.91 Å². The van der Waals surface area contributed by atoms with E-state index in [-0.39, 0.29) is 12.0 Å². The minimum absolute atomic E-state index is 0.0898. The van der Waals surface area contributed by atoms with E-state index in [4.69, 9.17) is 10.6 Å². The first-order chi connectivity index (χ1) is 10.5. The molecule has 1 heterocycles. The summed E-state index contributed by atoms with van der Waals surface area (Å²) < 4.78 is 5.10.